The van der Waals surface area contributed by atoms with E-state index in [0.29, 0.717) is 6.61 Å². The maximum absolute atomic E-state index is 12.2. The molecule has 0 unspecified atom stereocenters. The van der Waals surface area contributed by atoms with Gasteiger partial charge in [0.25, 0.3) is 5.91 Å². The second-order valence-corrected chi connectivity index (χ2v) is 5.02. The number of nitrogens with one attached hydrogen (secondary N) is 1. The third kappa shape index (κ3) is 4.79. The number of hydrogen-bond acceptors (Lipinski definition) is 5. The molecule has 0 radical (unpaired) electrons. The Bertz CT molecular complexity index is 718. The molecule has 0 bridgehead atoms. The van der Waals surface area contributed by atoms with Crippen molar-refractivity contribution in [3.8, 4) is 5.88 Å². The highest BCUT2D eigenvalue weighted by atomic mass is 16.5. The maximum Gasteiger partial charge on any atom is 0.336 e. The van der Waals surface area contributed by atoms with Gasteiger partial charge < -0.3 is 19.9 Å². The number of carbonyl (C=O) groups excluding carboxylic acids is 1. The molecule has 1 aromatic carbocycles. The molecule has 2 rings (SSSR count). The third-order valence-electron chi connectivity index (χ3n) is 3.22. The van der Waals surface area contributed by atoms with Crippen LogP contribution >= 0.6 is 0 Å². The van der Waals surface area contributed by atoms with Crippen LogP contribution in [-0.4, -0.2) is 35.2 Å². The number of aromatic nitrogens is 1. The van der Waals surface area contributed by atoms with Crippen molar-refractivity contribution in [1.29, 1.82) is 0 Å². The summed E-state index contributed by atoms with van der Waals surface area (Å²) in [5.41, 5.74) is 0.917. The van der Waals surface area contributed by atoms with Crippen molar-refractivity contribution in [2.24, 2.45) is 0 Å². The molecule has 7 heteroatoms. The lowest BCUT2D eigenvalue weighted by atomic mass is 10.2. The summed E-state index contributed by atoms with van der Waals surface area (Å²) in [4.78, 5) is 27.2. The lowest BCUT2D eigenvalue weighted by Gasteiger charge is -2.14. The predicted octanol–water partition coefficient (Wildman–Crippen LogP) is 2.33. The molecule has 126 valence electrons. The van der Waals surface area contributed by atoms with Crippen LogP contribution in [0.1, 0.15) is 22.8 Å². The standard InChI is InChI=1S/C17H18N2O5/c1-11(24-10-12-6-4-3-5-7-12)16(20)19-14-8-13(17(21)22)9-15(18-14)23-2/h3-9,11H,10H2,1-2H3,(H,21,22)(H,18,19,20)/t11-/m1/s1. The second kappa shape index (κ2) is 8.07. The molecule has 24 heavy (non-hydrogen) atoms. The smallest absolute Gasteiger partial charge is 0.336 e. The molecule has 0 aliphatic heterocycles. The number of pyridine rings is 1. The Kier molecular flexibility index (Phi) is 5.86. The van der Waals surface area contributed by atoms with Crippen molar-refractivity contribution >= 4 is 17.7 Å². The number of carboxylic acids is 1. The molecule has 0 saturated carbocycles. The van der Waals surface area contributed by atoms with Gasteiger partial charge in [-0.05, 0) is 18.6 Å². The van der Waals surface area contributed by atoms with E-state index in [4.69, 9.17) is 14.6 Å². The minimum absolute atomic E-state index is 0.0324. The van der Waals surface area contributed by atoms with Crippen LogP contribution in [0.3, 0.4) is 0 Å². The van der Waals surface area contributed by atoms with E-state index in [1.165, 1.54) is 19.2 Å². The molecule has 2 N–H and O–H groups in total. The normalized spacial score (nSPS) is 11.6. The quantitative estimate of drug-likeness (QED) is 0.808. The Morgan fingerprint density at radius 1 is 1.25 bits per heavy atom. The molecular formula is C17H18N2O5. The zero-order valence-electron chi connectivity index (χ0n) is 13.4. The Morgan fingerprint density at radius 3 is 2.58 bits per heavy atom. The van der Waals surface area contributed by atoms with Gasteiger partial charge in [-0.25, -0.2) is 4.79 Å². The van der Waals surface area contributed by atoms with Crippen LogP contribution in [0, 0.1) is 0 Å². The molecule has 0 aliphatic carbocycles. The summed E-state index contributed by atoms with van der Waals surface area (Å²) in [5.74, 6) is -1.38. The second-order valence-electron chi connectivity index (χ2n) is 5.02. The first-order valence-corrected chi connectivity index (χ1v) is 7.25. The Balaban J connectivity index is 2.00. The zero-order valence-corrected chi connectivity index (χ0v) is 13.4. The van der Waals surface area contributed by atoms with Gasteiger partial charge in [0, 0.05) is 6.07 Å². The summed E-state index contributed by atoms with van der Waals surface area (Å²) in [6, 6.07) is 12.0. The molecule has 0 spiro atoms. The number of anilines is 1. The van der Waals surface area contributed by atoms with Gasteiger partial charge in [-0.15, -0.1) is 0 Å². The van der Waals surface area contributed by atoms with E-state index in [9.17, 15) is 9.59 Å². The van der Waals surface area contributed by atoms with Crippen LogP contribution < -0.4 is 10.1 Å². The van der Waals surface area contributed by atoms with Crippen LogP contribution in [0.2, 0.25) is 0 Å². The number of ether oxygens (including phenoxy) is 2. The first kappa shape index (κ1) is 17.4. The third-order valence-corrected chi connectivity index (χ3v) is 3.22. The fourth-order valence-corrected chi connectivity index (χ4v) is 1.90. The fraction of sp³-hybridized carbons (Fsp3) is 0.235. The van der Waals surface area contributed by atoms with Crippen LogP contribution in [0.4, 0.5) is 5.82 Å². The van der Waals surface area contributed by atoms with E-state index >= 15 is 0 Å². The first-order valence-electron chi connectivity index (χ1n) is 7.25. The van der Waals surface area contributed by atoms with E-state index < -0.39 is 18.0 Å². The summed E-state index contributed by atoms with van der Waals surface area (Å²) in [6.45, 7) is 1.90. The van der Waals surface area contributed by atoms with Gasteiger partial charge in [0.1, 0.15) is 11.9 Å². The number of amides is 1. The van der Waals surface area contributed by atoms with Gasteiger partial charge in [-0.2, -0.15) is 4.98 Å². The van der Waals surface area contributed by atoms with Crippen LogP contribution in [0.5, 0.6) is 5.88 Å². The largest absolute Gasteiger partial charge is 0.481 e. The van der Waals surface area contributed by atoms with E-state index in [1.807, 2.05) is 30.3 Å². The SMILES string of the molecule is COc1cc(C(=O)O)cc(NC(=O)[C@@H](C)OCc2ccccc2)n1. The van der Waals surface area contributed by atoms with Crippen molar-refractivity contribution in [1.82, 2.24) is 4.98 Å². The monoisotopic (exact) mass is 330 g/mol. The fourth-order valence-electron chi connectivity index (χ4n) is 1.90. The predicted molar refractivity (Wildman–Crippen MR) is 87.1 cm³/mol. The molecule has 7 nitrogen and oxygen atoms in total. The number of hydrogen-bond donors (Lipinski definition) is 2. The molecule has 0 aliphatic rings. The summed E-state index contributed by atoms with van der Waals surface area (Å²) < 4.78 is 10.4. The van der Waals surface area contributed by atoms with Gasteiger partial charge in [0.2, 0.25) is 5.88 Å². The lowest BCUT2D eigenvalue weighted by molar-refractivity contribution is -0.127. The lowest BCUT2D eigenvalue weighted by Crippen LogP contribution is -2.28. The first-order chi connectivity index (χ1) is 11.5. The summed E-state index contributed by atoms with van der Waals surface area (Å²) >= 11 is 0. The van der Waals surface area contributed by atoms with Gasteiger partial charge in [0.15, 0.2) is 0 Å². The highest BCUT2D eigenvalue weighted by Crippen LogP contribution is 2.16. The molecular weight excluding hydrogens is 312 g/mol. The van der Waals surface area contributed by atoms with Crippen molar-refractivity contribution in [2.75, 3.05) is 12.4 Å². The van der Waals surface area contributed by atoms with Gasteiger partial charge in [-0.3, -0.25) is 4.79 Å². The minimum Gasteiger partial charge on any atom is -0.481 e. The van der Waals surface area contributed by atoms with Crippen LogP contribution in [0.15, 0.2) is 42.5 Å². The highest BCUT2D eigenvalue weighted by Gasteiger charge is 2.16. The number of aromatic carboxylic acids is 1. The molecule has 0 fully saturated rings. The number of methoxy groups -OCH3 is 1. The maximum atomic E-state index is 12.2. The van der Waals surface area contributed by atoms with Crippen molar-refractivity contribution < 1.29 is 24.2 Å². The molecule has 1 heterocycles. The number of rotatable bonds is 7. The average molecular weight is 330 g/mol. The number of carbonyl (C=O) groups is 2. The molecule has 0 saturated heterocycles. The zero-order chi connectivity index (χ0) is 17.5. The van der Waals surface area contributed by atoms with E-state index in [0.717, 1.165) is 5.56 Å². The molecule has 2 aromatic rings. The van der Waals surface area contributed by atoms with Crippen LogP contribution in [-0.2, 0) is 16.1 Å². The van der Waals surface area contributed by atoms with Crippen molar-refractivity contribution in [3.05, 3.63) is 53.6 Å². The number of benzene rings is 1. The Hall–Kier alpha value is -2.93. The van der Waals surface area contributed by atoms with Gasteiger partial charge >= 0.3 is 5.97 Å². The average Bonchev–Trinajstić information content (AvgIpc) is 2.60. The van der Waals surface area contributed by atoms with Gasteiger partial charge in [0.05, 0.1) is 19.3 Å². The number of carboxylic acid groups (broad SMARTS) is 1. The summed E-state index contributed by atoms with van der Waals surface area (Å²) in [7, 11) is 1.37. The molecule has 1 aromatic heterocycles. The summed E-state index contributed by atoms with van der Waals surface area (Å²) in [5, 5.41) is 11.6. The van der Waals surface area contributed by atoms with E-state index in [1.54, 1.807) is 6.92 Å². The Labute approximate surface area is 139 Å². The van der Waals surface area contributed by atoms with Gasteiger partial charge in [-0.1, -0.05) is 30.3 Å². The Morgan fingerprint density at radius 2 is 1.96 bits per heavy atom. The topological polar surface area (TPSA) is 97.8 Å². The molecule has 1 amide bonds. The van der Waals surface area contributed by atoms with E-state index in [-0.39, 0.29) is 17.3 Å². The van der Waals surface area contributed by atoms with Crippen molar-refractivity contribution in [2.45, 2.75) is 19.6 Å². The van der Waals surface area contributed by atoms with E-state index in [2.05, 4.69) is 10.3 Å². The van der Waals surface area contributed by atoms with Crippen molar-refractivity contribution in [3.63, 3.8) is 0 Å². The minimum atomic E-state index is -1.14. The van der Waals surface area contributed by atoms with Crippen LogP contribution in [0.25, 0.3) is 0 Å². The summed E-state index contributed by atoms with van der Waals surface area (Å²) in [6.07, 6.45) is -0.730. The number of nitrogens with zero attached hydrogens (tertiary/aromatic N) is 1. The highest BCUT2D eigenvalue weighted by molar-refractivity contribution is 5.95. The molecule has 1 atom stereocenters.